The first-order valence-electron chi connectivity index (χ1n) is 6.44. The van der Waals surface area contributed by atoms with Crippen molar-refractivity contribution in [3.05, 3.63) is 54.1 Å². The van der Waals surface area contributed by atoms with Crippen LogP contribution in [0.15, 0.2) is 53.4 Å². The number of carbonyl (C=O) groups is 1. The van der Waals surface area contributed by atoms with Gasteiger partial charge >= 0.3 is 5.97 Å². The van der Waals surface area contributed by atoms with Crippen LogP contribution in [-0.2, 0) is 10.0 Å². The van der Waals surface area contributed by atoms with E-state index in [2.05, 4.69) is 4.72 Å². The van der Waals surface area contributed by atoms with Crippen molar-refractivity contribution in [2.75, 3.05) is 23.7 Å². The van der Waals surface area contributed by atoms with Crippen LogP contribution in [0, 0.1) is 0 Å². The van der Waals surface area contributed by atoms with Crippen LogP contribution in [-0.4, -0.2) is 33.6 Å². The average molecular weight is 320 g/mol. The molecule has 2 rings (SSSR count). The zero-order chi connectivity index (χ0) is 16.3. The summed E-state index contributed by atoms with van der Waals surface area (Å²) in [6.07, 6.45) is 0. The largest absolute Gasteiger partial charge is 0.478 e. The van der Waals surface area contributed by atoms with Gasteiger partial charge < -0.3 is 10.0 Å². The van der Waals surface area contributed by atoms with Crippen molar-refractivity contribution in [2.45, 2.75) is 4.90 Å². The molecule has 0 aliphatic heterocycles. The first kappa shape index (κ1) is 15.8. The van der Waals surface area contributed by atoms with Crippen LogP contribution in [0.4, 0.5) is 11.4 Å². The third-order valence-electron chi connectivity index (χ3n) is 3.01. The average Bonchev–Trinajstić information content (AvgIpc) is 2.47. The number of aromatic carboxylic acids is 1. The highest BCUT2D eigenvalue weighted by molar-refractivity contribution is 7.92. The minimum absolute atomic E-state index is 0.0262. The Morgan fingerprint density at radius 2 is 1.73 bits per heavy atom. The predicted molar refractivity (Wildman–Crippen MR) is 85.0 cm³/mol. The number of hydrogen-bond donors (Lipinski definition) is 2. The molecule has 2 N–H and O–H groups in total. The zero-order valence-electron chi connectivity index (χ0n) is 12.1. The smallest absolute Gasteiger partial charge is 0.337 e. The van der Waals surface area contributed by atoms with Crippen LogP contribution < -0.4 is 9.62 Å². The Labute approximate surface area is 129 Å². The van der Waals surface area contributed by atoms with Crippen molar-refractivity contribution in [1.82, 2.24) is 0 Å². The van der Waals surface area contributed by atoms with E-state index in [1.54, 1.807) is 43.3 Å². The molecule has 0 spiro atoms. The number of hydrogen-bond acceptors (Lipinski definition) is 4. The fourth-order valence-corrected chi connectivity index (χ4v) is 3.05. The van der Waals surface area contributed by atoms with E-state index < -0.39 is 16.0 Å². The van der Waals surface area contributed by atoms with Gasteiger partial charge in [0.15, 0.2) is 0 Å². The SMILES string of the molecule is CN(C)c1ccc(NS(=O)(=O)c2ccccc2)cc1C(=O)O. The molecule has 2 aromatic carbocycles. The molecule has 0 saturated heterocycles. The van der Waals surface area contributed by atoms with Gasteiger partial charge in [0.25, 0.3) is 10.0 Å². The summed E-state index contributed by atoms with van der Waals surface area (Å²) in [5.74, 6) is -1.12. The molecule has 0 unspecified atom stereocenters. The lowest BCUT2D eigenvalue weighted by atomic mass is 10.1. The van der Waals surface area contributed by atoms with Gasteiger partial charge in [0, 0.05) is 19.8 Å². The third kappa shape index (κ3) is 3.37. The fraction of sp³-hybridized carbons (Fsp3) is 0.133. The Morgan fingerprint density at radius 3 is 2.27 bits per heavy atom. The van der Waals surface area contributed by atoms with Crippen LogP contribution in [0.5, 0.6) is 0 Å². The molecule has 0 aromatic heterocycles. The summed E-state index contributed by atoms with van der Waals surface area (Å²) in [4.78, 5) is 13.1. The first-order valence-corrected chi connectivity index (χ1v) is 7.92. The molecule has 116 valence electrons. The molecular weight excluding hydrogens is 304 g/mol. The minimum atomic E-state index is -3.75. The standard InChI is InChI=1S/C15H16N2O4S/c1-17(2)14-9-8-11(10-13(14)15(18)19)16-22(20,21)12-6-4-3-5-7-12/h3-10,16H,1-2H3,(H,18,19). The summed E-state index contributed by atoms with van der Waals surface area (Å²) in [6.45, 7) is 0. The Hall–Kier alpha value is -2.54. The van der Waals surface area contributed by atoms with E-state index in [4.69, 9.17) is 0 Å². The number of carboxylic acids is 1. The number of benzene rings is 2. The van der Waals surface area contributed by atoms with Crippen LogP contribution in [0.3, 0.4) is 0 Å². The van der Waals surface area contributed by atoms with Crippen molar-refractivity contribution in [3.8, 4) is 0 Å². The fourth-order valence-electron chi connectivity index (χ4n) is 1.97. The summed E-state index contributed by atoms with van der Waals surface area (Å²) >= 11 is 0. The summed E-state index contributed by atoms with van der Waals surface area (Å²) in [7, 11) is -0.310. The topological polar surface area (TPSA) is 86.7 Å². The second-order valence-electron chi connectivity index (χ2n) is 4.85. The van der Waals surface area contributed by atoms with Gasteiger partial charge in [0.1, 0.15) is 0 Å². The molecule has 7 heteroatoms. The number of carboxylic acid groups (broad SMARTS) is 1. The Bertz CT molecular complexity index is 786. The monoisotopic (exact) mass is 320 g/mol. The van der Waals surface area contributed by atoms with E-state index in [1.165, 1.54) is 24.3 Å². The third-order valence-corrected chi connectivity index (χ3v) is 4.41. The molecule has 22 heavy (non-hydrogen) atoms. The summed E-state index contributed by atoms with van der Waals surface area (Å²) in [5, 5.41) is 9.25. The Morgan fingerprint density at radius 1 is 1.09 bits per heavy atom. The van der Waals surface area contributed by atoms with Gasteiger partial charge in [-0.2, -0.15) is 0 Å². The first-order chi connectivity index (χ1) is 10.3. The van der Waals surface area contributed by atoms with Crippen LogP contribution in [0.1, 0.15) is 10.4 Å². The predicted octanol–water partition coefficient (Wildman–Crippen LogP) is 2.25. The number of nitrogens with zero attached hydrogens (tertiary/aromatic N) is 1. The molecule has 0 heterocycles. The van der Waals surface area contributed by atoms with Gasteiger partial charge in [-0.25, -0.2) is 13.2 Å². The van der Waals surface area contributed by atoms with Gasteiger partial charge in [-0.15, -0.1) is 0 Å². The van der Waals surface area contributed by atoms with Crippen molar-refractivity contribution < 1.29 is 18.3 Å². The molecule has 2 aromatic rings. The second kappa shape index (κ2) is 6.07. The highest BCUT2D eigenvalue weighted by atomic mass is 32.2. The van der Waals surface area contributed by atoms with Gasteiger partial charge in [0.05, 0.1) is 16.1 Å². The maximum atomic E-state index is 12.2. The lowest BCUT2D eigenvalue weighted by molar-refractivity contribution is 0.0697. The molecule has 0 saturated carbocycles. The van der Waals surface area contributed by atoms with E-state index in [0.29, 0.717) is 5.69 Å². The van der Waals surface area contributed by atoms with Crippen molar-refractivity contribution in [2.24, 2.45) is 0 Å². The zero-order valence-corrected chi connectivity index (χ0v) is 13.0. The van der Waals surface area contributed by atoms with E-state index in [9.17, 15) is 18.3 Å². The second-order valence-corrected chi connectivity index (χ2v) is 6.53. The lowest BCUT2D eigenvalue weighted by Crippen LogP contribution is -2.16. The minimum Gasteiger partial charge on any atom is -0.478 e. The van der Waals surface area contributed by atoms with Gasteiger partial charge in [-0.1, -0.05) is 18.2 Å². The summed E-state index contributed by atoms with van der Waals surface area (Å²) in [5.41, 5.74) is 0.722. The van der Waals surface area contributed by atoms with Gasteiger partial charge in [0.2, 0.25) is 0 Å². The van der Waals surface area contributed by atoms with E-state index in [0.717, 1.165) is 0 Å². The molecule has 0 radical (unpaired) electrons. The van der Waals surface area contributed by atoms with E-state index in [-0.39, 0.29) is 16.1 Å². The Kier molecular flexibility index (Phi) is 4.37. The summed E-state index contributed by atoms with van der Waals surface area (Å²) in [6, 6.07) is 12.3. The Balaban J connectivity index is 2.39. The summed E-state index contributed by atoms with van der Waals surface area (Å²) < 4.78 is 26.9. The van der Waals surface area contributed by atoms with Gasteiger partial charge in [-0.05, 0) is 30.3 Å². The molecule has 6 nitrogen and oxygen atoms in total. The van der Waals surface area contributed by atoms with E-state index >= 15 is 0 Å². The number of anilines is 2. The quantitative estimate of drug-likeness (QED) is 0.882. The lowest BCUT2D eigenvalue weighted by Gasteiger charge is -2.17. The molecule has 0 aliphatic carbocycles. The van der Waals surface area contributed by atoms with Crippen LogP contribution in [0.25, 0.3) is 0 Å². The van der Waals surface area contributed by atoms with Crippen molar-refractivity contribution in [1.29, 1.82) is 0 Å². The molecule has 0 bridgehead atoms. The van der Waals surface area contributed by atoms with Crippen LogP contribution >= 0.6 is 0 Å². The van der Waals surface area contributed by atoms with Gasteiger partial charge in [-0.3, -0.25) is 4.72 Å². The number of nitrogens with one attached hydrogen (secondary N) is 1. The maximum Gasteiger partial charge on any atom is 0.337 e. The maximum absolute atomic E-state index is 12.2. The normalized spacial score (nSPS) is 11.0. The number of sulfonamides is 1. The molecular formula is C15H16N2O4S. The van der Waals surface area contributed by atoms with Crippen molar-refractivity contribution in [3.63, 3.8) is 0 Å². The molecule has 0 aliphatic rings. The highest BCUT2D eigenvalue weighted by Gasteiger charge is 2.17. The van der Waals surface area contributed by atoms with E-state index in [1.807, 2.05) is 0 Å². The molecule has 0 atom stereocenters. The van der Waals surface area contributed by atoms with Crippen molar-refractivity contribution >= 4 is 27.4 Å². The number of rotatable bonds is 5. The van der Waals surface area contributed by atoms with Crippen LogP contribution in [0.2, 0.25) is 0 Å². The molecule has 0 fully saturated rings. The highest BCUT2D eigenvalue weighted by Crippen LogP contribution is 2.24. The molecule has 0 amide bonds.